The van der Waals surface area contributed by atoms with Gasteiger partial charge in [-0.15, -0.1) is 0 Å². The van der Waals surface area contributed by atoms with Crippen LogP contribution in [-0.2, 0) is 6.54 Å². The molecular formula is C15H12Cl2FNO. The highest BCUT2D eigenvalue weighted by atomic mass is 35.5. The van der Waals surface area contributed by atoms with E-state index in [0.717, 1.165) is 5.56 Å². The van der Waals surface area contributed by atoms with E-state index in [0.29, 0.717) is 16.6 Å². The maximum atomic E-state index is 13.7. The SMILES string of the molecule is CN(Cc1cccc(Cl)c1)C(=O)c1cc(Cl)ccc1F. The molecule has 0 spiro atoms. The molecule has 0 aliphatic heterocycles. The lowest BCUT2D eigenvalue weighted by Gasteiger charge is -2.18. The van der Waals surface area contributed by atoms with Crippen LogP contribution in [0.3, 0.4) is 0 Å². The standard InChI is InChI=1S/C15H12Cl2FNO/c1-19(9-10-3-2-4-11(16)7-10)15(20)13-8-12(17)5-6-14(13)18/h2-8H,9H2,1H3. The third kappa shape index (κ3) is 3.50. The first-order valence-corrected chi connectivity index (χ1v) is 6.68. The van der Waals surface area contributed by atoms with Gasteiger partial charge in [0.05, 0.1) is 5.56 Å². The summed E-state index contributed by atoms with van der Waals surface area (Å²) < 4.78 is 13.7. The number of benzene rings is 2. The van der Waals surface area contributed by atoms with Crippen molar-refractivity contribution in [1.29, 1.82) is 0 Å². The largest absolute Gasteiger partial charge is 0.337 e. The Morgan fingerprint density at radius 1 is 1.15 bits per heavy atom. The lowest BCUT2D eigenvalue weighted by atomic mass is 10.1. The molecule has 20 heavy (non-hydrogen) atoms. The molecule has 0 radical (unpaired) electrons. The Bertz CT molecular complexity index is 646. The van der Waals surface area contributed by atoms with E-state index in [1.165, 1.54) is 23.1 Å². The van der Waals surface area contributed by atoms with Gasteiger partial charge in [-0.1, -0.05) is 35.3 Å². The van der Waals surface area contributed by atoms with Crippen molar-refractivity contribution in [2.24, 2.45) is 0 Å². The number of hydrogen-bond acceptors (Lipinski definition) is 1. The van der Waals surface area contributed by atoms with E-state index in [4.69, 9.17) is 23.2 Å². The zero-order chi connectivity index (χ0) is 14.7. The number of carbonyl (C=O) groups excluding carboxylic acids is 1. The van der Waals surface area contributed by atoms with Gasteiger partial charge in [-0.25, -0.2) is 4.39 Å². The lowest BCUT2D eigenvalue weighted by Crippen LogP contribution is -2.27. The maximum Gasteiger partial charge on any atom is 0.256 e. The first-order chi connectivity index (χ1) is 9.47. The van der Waals surface area contributed by atoms with Gasteiger partial charge < -0.3 is 4.90 Å². The van der Waals surface area contributed by atoms with Crippen LogP contribution in [0.25, 0.3) is 0 Å². The first-order valence-electron chi connectivity index (χ1n) is 5.92. The van der Waals surface area contributed by atoms with E-state index in [-0.39, 0.29) is 5.56 Å². The molecule has 2 rings (SSSR count). The van der Waals surface area contributed by atoms with E-state index < -0.39 is 11.7 Å². The van der Waals surface area contributed by atoms with E-state index in [1.54, 1.807) is 25.2 Å². The van der Waals surface area contributed by atoms with Gasteiger partial charge in [-0.2, -0.15) is 0 Å². The van der Waals surface area contributed by atoms with Crippen LogP contribution >= 0.6 is 23.2 Å². The molecule has 0 atom stereocenters. The van der Waals surface area contributed by atoms with Gasteiger partial charge >= 0.3 is 0 Å². The summed E-state index contributed by atoms with van der Waals surface area (Å²) >= 11 is 11.7. The average molecular weight is 312 g/mol. The van der Waals surface area contributed by atoms with Crippen molar-refractivity contribution in [1.82, 2.24) is 4.90 Å². The second kappa shape index (κ2) is 6.25. The van der Waals surface area contributed by atoms with Crippen LogP contribution in [0.2, 0.25) is 10.0 Å². The van der Waals surface area contributed by atoms with Crippen molar-refractivity contribution in [2.75, 3.05) is 7.05 Å². The van der Waals surface area contributed by atoms with Crippen LogP contribution in [0.4, 0.5) is 4.39 Å². The van der Waals surface area contributed by atoms with E-state index in [2.05, 4.69) is 0 Å². The molecule has 0 N–H and O–H groups in total. The Morgan fingerprint density at radius 2 is 1.85 bits per heavy atom. The van der Waals surface area contributed by atoms with Crippen LogP contribution in [0, 0.1) is 5.82 Å². The third-order valence-corrected chi connectivity index (χ3v) is 3.28. The van der Waals surface area contributed by atoms with Gasteiger partial charge in [0.2, 0.25) is 0 Å². The number of hydrogen-bond donors (Lipinski definition) is 0. The normalized spacial score (nSPS) is 10.4. The highest BCUT2D eigenvalue weighted by Gasteiger charge is 2.16. The van der Waals surface area contributed by atoms with Crippen LogP contribution in [0.5, 0.6) is 0 Å². The molecule has 0 aliphatic rings. The zero-order valence-corrected chi connectivity index (χ0v) is 12.2. The number of rotatable bonds is 3. The van der Waals surface area contributed by atoms with Crippen molar-refractivity contribution < 1.29 is 9.18 Å². The van der Waals surface area contributed by atoms with Crippen molar-refractivity contribution in [3.63, 3.8) is 0 Å². The Hall–Kier alpha value is -1.58. The summed E-state index contributed by atoms with van der Waals surface area (Å²) in [7, 11) is 1.60. The van der Waals surface area contributed by atoms with Crippen LogP contribution in [0.1, 0.15) is 15.9 Å². The van der Waals surface area contributed by atoms with Crippen LogP contribution in [-0.4, -0.2) is 17.9 Å². The van der Waals surface area contributed by atoms with E-state index in [1.807, 2.05) is 6.07 Å². The number of nitrogens with zero attached hydrogens (tertiary/aromatic N) is 1. The molecule has 2 nitrogen and oxygen atoms in total. The molecule has 2 aromatic rings. The first kappa shape index (κ1) is 14.8. The molecule has 0 bridgehead atoms. The molecule has 0 unspecified atom stereocenters. The predicted molar refractivity (Wildman–Crippen MR) is 78.7 cm³/mol. The number of carbonyl (C=O) groups is 1. The second-order valence-corrected chi connectivity index (χ2v) is 5.29. The lowest BCUT2D eigenvalue weighted by molar-refractivity contribution is 0.0780. The second-order valence-electron chi connectivity index (χ2n) is 4.42. The molecule has 1 amide bonds. The van der Waals surface area contributed by atoms with Gasteiger partial charge in [0.25, 0.3) is 5.91 Å². The molecule has 2 aromatic carbocycles. The molecular weight excluding hydrogens is 300 g/mol. The minimum atomic E-state index is -0.586. The molecule has 0 saturated carbocycles. The fraction of sp³-hybridized carbons (Fsp3) is 0.133. The fourth-order valence-corrected chi connectivity index (χ4v) is 2.23. The minimum absolute atomic E-state index is 0.0398. The molecule has 5 heteroatoms. The Labute approximate surface area is 126 Å². The molecule has 0 fully saturated rings. The Balaban J connectivity index is 2.18. The number of halogens is 3. The van der Waals surface area contributed by atoms with Crippen molar-refractivity contribution in [3.05, 3.63) is 69.5 Å². The Morgan fingerprint density at radius 3 is 2.55 bits per heavy atom. The fourth-order valence-electron chi connectivity index (χ4n) is 1.85. The van der Waals surface area contributed by atoms with Crippen LogP contribution < -0.4 is 0 Å². The van der Waals surface area contributed by atoms with Gasteiger partial charge in [-0.05, 0) is 35.9 Å². The highest BCUT2D eigenvalue weighted by Crippen LogP contribution is 2.18. The summed E-state index contributed by atoms with van der Waals surface area (Å²) in [5.74, 6) is -1.01. The zero-order valence-electron chi connectivity index (χ0n) is 10.7. The summed E-state index contributed by atoms with van der Waals surface area (Å²) in [5.41, 5.74) is 0.831. The topological polar surface area (TPSA) is 20.3 Å². The summed E-state index contributed by atoms with van der Waals surface area (Å²) in [6, 6.07) is 11.1. The summed E-state index contributed by atoms with van der Waals surface area (Å²) in [4.78, 5) is 13.6. The molecule has 0 heterocycles. The third-order valence-electron chi connectivity index (χ3n) is 2.81. The summed E-state index contributed by atoms with van der Waals surface area (Å²) in [5, 5.41) is 0.920. The van der Waals surface area contributed by atoms with Crippen molar-refractivity contribution in [3.8, 4) is 0 Å². The Kier molecular flexibility index (Phi) is 4.63. The predicted octanol–water partition coefficient (Wildman–Crippen LogP) is 4.40. The smallest absolute Gasteiger partial charge is 0.256 e. The summed E-state index contributed by atoms with van der Waals surface area (Å²) in [6.45, 7) is 0.339. The highest BCUT2D eigenvalue weighted by molar-refractivity contribution is 6.31. The number of amides is 1. The van der Waals surface area contributed by atoms with E-state index in [9.17, 15) is 9.18 Å². The molecule has 0 saturated heterocycles. The maximum absolute atomic E-state index is 13.7. The monoisotopic (exact) mass is 311 g/mol. The van der Waals surface area contributed by atoms with Gasteiger partial charge in [0.15, 0.2) is 0 Å². The van der Waals surface area contributed by atoms with Crippen molar-refractivity contribution in [2.45, 2.75) is 6.54 Å². The van der Waals surface area contributed by atoms with E-state index >= 15 is 0 Å². The average Bonchev–Trinajstić information content (AvgIpc) is 2.40. The van der Waals surface area contributed by atoms with Gasteiger partial charge in [-0.3, -0.25) is 4.79 Å². The molecule has 104 valence electrons. The quantitative estimate of drug-likeness (QED) is 0.822. The van der Waals surface area contributed by atoms with Gasteiger partial charge in [0.1, 0.15) is 5.82 Å². The summed E-state index contributed by atoms with van der Waals surface area (Å²) in [6.07, 6.45) is 0. The minimum Gasteiger partial charge on any atom is -0.337 e. The van der Waals surface area contributed by atoms with Gasteiger partial charge in [0, 0.05) is 23.6 Å². The molecule has 0 aromatic heterocycles. The van der Waals surface area contributed by atoms with Crippen molar-refractivity contribution >= 4 is 29.1 Å². The van der Waals surface area contributed by atoms with Crippen LogP contribution in [0.15, 0.2) is 42.5 Å². The molecule has 0 aliphatic carbocycles.